The maximum atomic E-state index is 13.1. The molecule has 5 rings (SSSR count). The first kappa shape index (κ1) is 25.3. The van der Waals surface area contributed by atoms with Crippen molar-refractivity contribution in [3.63, 3.8) is 0 Å². The van der Waals surface area contributed by atoms with Gasteiger partial charge in [0.1, 0.15) is 17.3 Å². The number of carbonyl (C=O) groups is 3. The van der Waals surface area contributed by atoms with Gasteiger partial charge in [0.15, 0.2) is 11.4 Å². The fraction of sp³-hybridized carbons (Fsp3) is 0.154. The van der Waals surface area contributed by atoms with Crippen LogP contribution in [0.5, 0.6) is 5.75 Å². The van der Waals surface area contributed by atoms with Crippen LogP contribution in [0, 0.1) is 6.92 Å². The largest absolute Gasteiger partial charge is 0.485 e. The van der Waals surface area contributed by atoms with Gasteiger partial charge in [0.25, 0.3) is 11.8 Å². The summed E-state index contributed by atoms with van der Waals surface area (Å²) in [6.45, 7) is 3.37. The highest BCUT2D eigenvalue weighted by Crippen LogP contribution is 2.34. The van der Waals surface area contributed by atoms with Crippen molar-refractivity contribution in [2.75, 3.05) is 5.32 Å². The number of rotatable bonds is 6. The Bertz CT molecular complexity index is 1570. The van der Waals surface area contributed by atoms with Crippen molar-refractivity contribution < 1.29 is 19.1 Å². The molecule has 1 N–H and O–H groups in total. The minimum absolute atomic E-state index is 0.0124. The van der Waals surface area contributed by atoms with Gasteiger partial charge < -0.3 is 10.1 Å². The first-order valence-corrected chi connectivity index (χ1v) is 12.7. The average molecular weight is 602 g/mol. The number of fused-ring (bicyclic) bond motifs is 2. The van der Waals surface area contributed by atoms with E-state index in [1.807, 2.05) is 23.6 Å². The molecule has 1 aliphatic heterocycles. The van der Waals surface area contributed by atoms with Crippen molar-refractivity contribution in [3.8, 4) is 5.75 Å². The van der Waals surface area contributed by atoms with E-state index in [2.05, 4.69) is 26.2 Å². The molecule has 4 aromatic rings. The SMILES string of the molecule is Cc1nc2c(OCc3c(Cl)ccc(NC(=O)C(C)N4C(=O)c5ccccc5C4=O)c3Cl)cccn2c1Br. The van der Waals surface area contributed by atoms with Crippen molar-refractivity contribution >= 4 is 68.2 Å². The Hall–Kier alpha value is -3.40. The standard InChI is InChI=1S/C26H19BrCl2N4O4/c1-13-22(27)32-11-5-8-20(23(32)30-13)37-12-17-18(28)9-10-19(21(17)29)31-24(34)14(2)33-25(35)15-6-3-4-7-16(15)26(33)36/h3-11,14H,12H2,1-2H3,(H,31,34). The predicted molar refractivity (Wildman–Crippen MR) is 143 cm³/mol. The number of amides is 3. The first-order chi connectivity index (χ1) is 17.7. The number of imidazole rings is 1. The molecule has 0 saturated carbocycles. The minimum atomic E-state index is -1.07. The smallest absolute Gasteiger partial charge is 0.262 e. The predicted octanol–water partition coefficient (Wildman–Crippen LogP) is 5.91. The number of benzene rings is 2. The van der Waals surface area contributed by atoms with Gasteiger partial charge in [-0.1, -0.05) is 35.3 Å². The number of nitrogens with one attached hydrogen (secondary N) is 1. The normalized spacial score (nSPS) is 13.7. The van der Waals surface area contributed by atoms with Crippen LogP contribution in [-0.2, 0) is 11.4 Å². The van der Waals surface area contributed by atoms with E-state index in [4.69, 9.17) is 27.9 Å². The molecule has 0 saturated heterocycles. The molecule has 0 fully saturated rings. The maximum absolute atomic E-state index is 13.1. The van der Waals surface area contributed by atoms with Crippen LogP contribution >= 0.6 is 39.1 Å². The molecular weight excluding hydrogens is 583 g/mol. The zero-order valence-corrected chi connectivity index (χ0v) is 22.7. The van der Waals surface area contributed by atoms with Gasteiger partial charge in [-0.05, 0) is 66.2 Å². The van der Waals surface area contributed by atoms with Crippen LogP contribution in [0.1, 0.15) is 38.9 Å². The Morgan fingerprint density at radius 3 is 2.43 bits per heavy atom. The molecule has 1 unspecified atom stereocenters. The van der Waals surface area contributed by atoms with Gasteiger partial charge in [0.05, 0.1) is 27.5 Å². The number of anilines is 1. The number of halogens is 3. The van der Waals surface area contributed by atoms with Gasteiger partial charge in [-0.15, -0.1) is 0 Å². The van der Waals surface area contributed by atoms with Crippen molar-refractivity contribution in [2.24, 2.45) is 0 Å². The summed E-state index contributed by atoms with van der Waals surface area (Å²) in [5.74, 6) is -1.09. The van der Waals surface area contributed by atoms with Crippen LogP contribution in [0.2, 0.25) is 10.0 Å². The van der Waals surface area contributed by atoms with E-state index in [1.54, 1.807) is 42.5 Å². The van der Waals surface area contributed by atoms with Crippen LogP contribution in [0.3, 0.4) is 0 Å². The van der Waals surface area contributed by atoms with Crippen LogP contribution in [0.4, 0.5) is 5.69 Å². The molecule has 1 aliphatic rings. The Labute approximate surface area is 230 Å². The monoisotopic (exact) mass is 600 g/mol. The summed E-state index contributed by atoms with van der Waals surface area (Å²) in [5.41, 5.74) is 2.70. The van der Waals surface area contributed by atoms with E-state index in [1.165, 1.54) is 6.92 Å². The van der Waals surface area contributed by atoms with Gasteiger partial charge >= 0.3 is 0 Å². The molecule has 188 valence electrons. The van der Waals surface area contributed by atoms with Crippen LogP contribution in [0.25, 0.3) is 5.65 Å². The van der Waals surface area contributed by atoms with Crippen LogP contribution in [-0.4, -0.2) is 38.0 Å². The molecule has 3 heterocycles. The number of ether oxygens (including phenoxy) is 1. The highest BCUT2D eigenvalue weighted by atomic mass is 79.9. The summed E-state index contributed by atoms with van der Waals surface area (Å²) in [7, 11) is 0. The summed E-state index contributed by atoms with van der Waals surface area (Å²) in [4.78, 5) is 44.0. The highest BCUT2D eigenvalue weighted by molar-refractivity contribution is 9.10. The maximum Gasteiger partial charge on any atom is 0.262 e. The van der Waals surface area contributed by atoms with Gasteiger partial charge in [0.2, 0.25) is 5.91 Å². The molecule has 3 amide bonds. The first-order valence-electron chi connectivity index (χ1n) is 11.2. The number of hydrogen-bond donors (Lipinski definition) is 1. The molecule has 0 radical (unpaired) electrons. The Kier molecular flexibility index (Phi) is 6.70. The van der Waals surface area contributed by atoms with Crippen molar-refractivity contribution in [1.82, 2.24) is 14.3 Å². The number of pyridine rings is 1. The molecule has 37 heavy (non-hydrogen) atoms. The van der Waals surface area contributed by atoms with E-state index in [9.17, 15) is 14.4 Å². The van der Waals surface area contributed by atoms with Gasteiger partial charge in [0, 0.05) is 16.8 Å². The van der Waals surface area contributed by atoms with Crippen LogP contribution in [0.15, 0.2) is 59.3 Å². The molecule has 2 aromatic carbocycles. The molecule has 0 aliphatic carbocycles. The molecular formula is C26H19BrCl2N4O4. The fourth-order valence-electron chi connectivity index (χ4n) is 4.13. The fourth-order valence-corrected chi connectivity index (χ4v) is 5.03. The van der Waals surface area contributed by atoms with E-state index in [-0.39, 0.29) is 28.4 Å². The van der Waals surface area contributed by atoms with Gasteiger partial charge in [-0.3, -0.25) is 23.7 Å². The number of carbonyl (C=O) groups excluding carboxylic acids is 3. The molecule has 11 heteroatoms. The van der Waals surface area contributed by atoms with Crippen molar-refractivity contribution in [3.05, 3.63) is 91.8 Å². The summed E-state index contributed by atoms with van der Waals surface area (Å²) >= 11 is 16.5. The lowest BCUT2D eigenvalue weighted by molar-refractivity contribution is -0.119. The quantitative estimate of drug-likeness (QED) is 0.277. The van der Waals surface area contributed by atoms with E-state index < -0.39 is 23.8 Å². The summed E-state index contributed by atoms with van der Waals surface area (Å²) < 4.78 is 8.68. The minimum Gasteiger partial charge on any atom is -0.485 e. The lowest BCUT2D eigenvalue weighted by atomic mass is 10.1. The summed E-state index contributed by atoms with van der Waals surface area (Å²) in [6.07, 6.45) is 1.86. The third kappa shape index (κ3) is 4.37. The highest BCUT2D eigenvalue weighted by Gasteiger charge is 2.40. The van der Waals surface area contributed by atoms with Gasteiger partial charge in [-0.2, -0.15) is 0 Å². The summed E-state index contributed by atoms with van der Waals surface area (Å²) in [5, 5.41) is 3.24. The second kappa shape index (κ2) is 9.81. The average Bonchev–Trinajstić information content (AvgIpc) is 3.32. The molecule has 1 atom stereocenters. The Morgan fingerprint density at radius 2 is 1.76 bits per heavy atom. The second-order valence-corrected chi connectivity index (χ2v) is 9.96. The molecule has 8 nitrogen and oxygen atoms in total. The van der Waals surface area contributed by atoms with Crippen LogP contribution < -0.4 is 10.1 Å². The van der Waals surface area contributed by atoms with Gasteiger partial charge in [-0.25, -0.2) is 4.98 Å². The van der Waals surface area contributed by atoms with E-state index in [0.29, 0.717) is 22.0 Å². The topological polar surface area (TPSA) is 93.0 Å². The number of imide groups is 1. The van der Waals surface area contributed by atoms with E-state index >= 15 is 0 Å². The lowest BCUT2D eigenvalue weighted by Gasteiger charge is -2.22. The summed E-state index contributed by atoms with van der Waals surface area (Å²) in [6, 6.07) is 12.1. The number of aromatic nitrogens is 2. The number of hydrogen-bond acceptors (Lipinski definition) is 5. The Morgan fingerprint density at radius 1 is 1.08 bits per heavy atom. The van der Waals surface area contributed by atoms with E-state index in [0.717, 1.165) is 15.2 Å². The molecule has 2 aromatic heterocycles. The Balaban J connectivity index is 1.35. The molecule has 0 spiro atoms. The third-order valence-corrected chi connectivity index (χ3v) is 7.86. The third-order valence-electron chi connectivity index (χ3n) is 6.12. The van der Waals surface area contributed by atoms with Crippen molar-refractivity contribution in [2.45, 2.75) is 26.5 Å². The number of nitrogens with zero attached hydrogens (tertiary/aromatic N) is 3. The molecule has 0 bridgehead atoms. The second-order valence-electron chi connectivity index (χ2n) is 8.42. The zero-order chi connectivity index (χ0) is 26.4. The lowest BCUT2D eigenvalue weighted by Crippen LogP contribution is -2.45. The van der Waals surface area contributed by atoms with Crippen molar-refractivity contribution in [1.29, 1.82) is 0 Å². The zero-order valence-electron chi connectivity index (χ0n) is 19.6. The number of aryl methyl sites for hydroxylation is 1.